The number of nitrogens with zero attached hydrogens (tertiary/aromatic N) is 5. The number of rotatable bonds is 1. The molecule has 6 heteroatoms. The fourth-order valence-electron chi connectivity index (χ4n) is 2.92. The molecule has 0 aromatic carbocycles. The predicted molar refractivity (Wildman–Crippen MR) is 64.6 cm³/mol. The molecule has 0 saturated carbocycles. The summed E-state index contributed by atoms with van der Waals surface area (Å²) >= 11 is 0. The molecule has 2 aliphatic heterocycles. The summed E-state index contributed by atoms with van der Waals surface area (Å²) in [5, 5.41) is 12.2. The van der Waals surface area contributed by atoms with Crippen LogP contribution >= 0.6 is 0 Å². The molecule has 0 amide bonds. The molecule has 0 aliphatic carbocycles. The number of nitrogens with one attached hydrogen (secondary N) is 1. The van der Waals surface area contributed by atoms with Crippen LogP contribution in [0.3, 0.4) is 0 Å². The zero-order valence-corrected chi connectivity index (χ0v) is 9.95. The highest BCUT2D eigenvalue weighted by Crippen LogP contribution is 2.31. The molecule has 2 aromatic heterocycles. The van der Waals surface area contributed by atoms with Crippen LogP contribution < -0.4 is 5.32 Å². The number of hydrogen-bond acceptors (Lipinski definition) is 5. The Morgan fingerprint density at radius 1 is 1.17 bits per heavy atom. The van der Waals surface area contributed by atoms with Crippen LogP contribution in [0.15, 0.2) is 18.5 Å². The van der Waals surface area contributed by atoms with E-state index in [9.17, 15) is 0 Å². The summed E-state index contributed by atoms with van der Waals surface area (Å²) in [5.74, 6) is 2.49. The van der Waals surface area contributed by atoms with Crippen LogP contribution in [0, 0.1) is 0 Å². The average molecular weight is 242 g/mol. The van der Waals surface area contributed by atoms with Gasteiger partial charge < -0.3 is 9.88 Å². The lowest BCUT2D eigenvalue weighted by molar-refractivity contribution is 0.249. The van der Waals surface area contributed by atoms with Crippen molar-refractivity contribution in [2.45, 2.75) is 37.9 Å². The van der Waals surface area contributed by atoms with E-state index >= 15 is 0 Å². The minimum absolute atomic E-state index is 0.350. The van der Waals surface area contributed by atoms with Crippen molar-refractivity contribution in [3.63, 3.8) is 0 Å². The van der Waals surface area contributed by atoms with E-state index in [0.717, 1.165) is 24.6 Å². The van der Waals surface area contributed by atoms with Gasteiger partial charge >= 0.3 is 0 Å². The molecular weight excluding hydrogens is 228 g/mol. The fraction of sp³-hybridized carbons (Fsp3) is 0.500. The minimum atomic E-state index is 0.350. The molecule has 0 radical (unpaired) electrons. The maximum atomic E-state index is 4.32. The molecule has 1 N–H and O–H groups in total. The van der Waals surface area contributed by atoms with Gasteiger partial charge in [0.25, 0.3) is 0 Å². The van der Waals surface area contributed by atoms with Gasteiger partial charge in [-0.25, -0.2) is 9.97 Å². The maximum Gasteiger partial charge on any atom is 0.201 e. The van der Waals surface area contributed by atoms with Crippen molar-refractivity contribution in [1.29, 1.82) is 0 Å². The predicted octanol–water partition coefficient (Wildman–Crippen LogP) is 0.932. The standard InChI is InChI=1S/C12H14N6/c1-3-8-7-18-11(9(4-1)15-8)16-17-12(18)10-13-5-2-6-14-10/h2,5-6,8-9,15H,1,3-4,7H2. The van der Waals surface area contributed by atoms with E-state index in [1.807, 2.05) is 6.07 Å². The second-order valence-electron chi connectivity index (χ2n) is 4.91. The molecule has 2 unspecified atom stereocenters. The van der Waals surface area contributed by atoms with Crippen LogP contribution in [0.5, 0.6) is 0 Å². The average Bonchev–Trinajstić information content (AvgIpc) is 2.84. The Morgan fingerprint density at radius 2 is 2.06 bits per heavy atom. The van der Waals surface area contributed by atoms with Gasteiger partial charge in [0.1, 0.15) is 0 Å². The lowest BCUT2D eigenvalue weighted by Gasteiger charge is -2.36. The van der Waals surface area contributed by atoms with Crippen LogP contribution in [0.25, 0.3) is 11.6 Å². The van der Waals surface area contributed by atoms with Gasteiger partial charge in [0.15, 0.2) is 11.6 Å². The summed E-state index contributed by atoms with van der Waals surface area (Å²) in [6.07, 6.45) is 7.12. The highest BCUT2D eigenvalue weighted by molar-refractivity contribution is 5.43. The van der Waals surface area contributed by atoms with E-state index in [1.165, 1.54) is 12.8 Å². The first-order chi connectivity index (χ1) is 8.92. The van der Waals surface area contributed by atoms with Gasteiger partial charge in [-0.3, -0.25) is 0 Å². The lowest BCUT2D eigenvalue weighted by Crippen LogP contribution is -2.45. The molecule has 0 spiro atoms. The summed E-state index contributed by atoms with van der Waals surface area (Å²) in [4.78, 5) is 8.54. The van der Waals surface area contributed by atoms with Gasteiger partial charge in [-0.15, -0.1) is 10.2 Å². The first-order valence-electron chi connectivity index (χ1n) is 6.38. The maximum absolute atomic E-state index is 4.32. The van der Waals surface area contributed by atoms with E-state index in [2.05, 4.69) is 30.0 Å². The molecule has 18 heavy (non-hydrogen) atoms. The number of hydrogen-bond donors (Lipinski definition) is 1. The van der Waals surface area contributed by atoms with Crippen LogP contribution in [-0.2, 0) is 6.54 Å². The van der Waals surface area contributed by atoms with Crippen molar-refractivity contribution in [2.24, 2.45) is 0 Å². The van der Waals surface area contributed by atoms with E-state index in [-0.39, 0.29) is 0 Å². The Labute approximate surface area is 104 Å². The molecule has 2 aromatic rings. The van der Waals surface area contributed by atoms with E-state index in [4.69, 9.17) is 0 Å². The summed E-state index contributed by atoms with van der Waals surface area (Å²) in [5.41, 5.74) is 0. The van der Waals surface area contributed by atoms with Gasteiger partial charge in [-0.05, 0) is 25.3 Å². The first-order valence-corrected chi connectivity index (χ1v) is 6.38. The highest BCUT2D eigenvalue weighted by atomic mass is 15.3. The largest absolute Gasteiger partial charge is 0.305 e. The van der Waals surface area contributed by atoms with E-state index < -0.39 is 0 Å². The molecule has 6 nitrogen and oxygen atoms in total. The van der Waals surface area contributed by atoms with Crippen LogP contribution in [-0.4, -0.2) is 30.8 Å². The van der Waals surface area contributed by atoms with Crippen molar-refractivity contribution >= 4 is 0 Å². The normalized spacial score (nSPS) is 25.8. The third kappa shape index (κ3) is 1.45. The Bertz CT molecular complexity index is 563. The second-order valence-corrected chi connectivity index (χ2v) is 4.91. The summed E-state index contributed by atoms with van der Waals surface area (Å²) < 4.78 is 2.18. The summed E-state index contributed by atoms with van der Waals surface area (Å²) in [6, 6.07) is 2.70. The SMILES string of the molecule is c1cnc(-c2nnc3n2CC2CCCC3N2)nc1. The number of aromatic nitrogens is 5. The number of fused-ring (bicyclic) bond motifs is 4. The molecule has 4 heterocycles. The van der Waals surface area contributed by atoms with Crippen molar-refractivity contribution < 1.29 is 0 Å². The summed E-state index contributed by atoms with van der Waals surface area (Å²) in [7, 11) is 0. The molecular formula is C12H14N6. The monoisotopic (exact) mass is 242 g/mol. The van der Waals surface area contributed by atoms with Gasteiger partial charge in [0, 0.05) is 25.0 Å². The van der Waals surface area contributed by atoms with Crippen molar-refractivity contribution in [3.05, 3.63) is 24.3 Å². The first kappa shape index (κ1) is 10.1. The third-order valence-electron chi connectivity index (χ3n) is 3.74. The van der Waals surface area contributed by atoms with Crippen molar-refractivity contribution in [3.8, 4) is 11.6 Å². The minimum Gasteiger partial charge on any atom is -0.305 e. The zero-order chi connectivity index (χ0) is 11.9. The van der Waals surface area contributed by atoms with Gasteiger partial charge in [-0.2, -0.15) is 0 Å². The quantitative estimate of drug-likeness (QED) is 0.805. The lowest BCUT2D eigenvalue weighted by atomic mass is 9.95. The fourth-order valence-corrected chi connectivity index (χ4v) is 2.92. The van der Waals surface area contributed by atoms with Crippen LogP contribution in [0.1, 0.15) is 31.1 Å². The Morgan fingerprint density at radius 3 is 2.94 bits per heavy atom. The van der Waals surface area contributed by atoms with Gasteiger partial charge in [0.05, 0.1) is 6.04 Å². The third-order valence-corrected chi connectivity index (χ3v) is 3.74. The van der Waals surface area contributed by atoms with Gasteiger partial charge in [-0.1, -0.05) is 0 Å². The van der Waals surface area contributed by atoms with Crippen molar-refractivity contribution in [1.82, 2.24) is 30.0 Å². The van der Waals surface area contributed by atoms with E-state index in [0.29, 0.717) is 17.9 Å². The summed E-state index contributed by atoms with van der Waals surface area (Å²) in [6.45, 7) is 0.923. The smallest absolute Gasteiger partial charge is 0.201 e. The van der Waals surface area contributed by atoms with Crippen molar-refractivity contribution in [2.75, 3.05) is 0 Å². The second kappa shape index (κ2) is 3.84. The molecule has 2 aliphatic rings. The zero-order valence-electron chi connectivity index (χ0n) is 9.95. The molecule has 2 atom stereocenters. The molecule has 1 saturated heterocycles. The Kier molecular flexibility index (Phi) is 2.16. The van der Waals surface area contributed by atoms with E-state index in [1.54, 1.807) is 12.4 Å². The van der Waals surface area contributed by atoms with Crippen LogP contribution in [0.2, 0.25) is 0 Å². The molecule has 2 bridgehead atoms. The Hall–Kier alpha value is -1.82. The topological polar surface area (TPSA) is 68.5 Å². The van der Waals surface area contributed by atoms with Gasteiger partial charge in [0.2, 0.25) is 5.82 Å². The number of piperidine rings is 1. The molecule has 92 valence electrons. The van der Waals surface area contributed by atoms with Crippen LogP contribution in [0.4, 0.5) is 0 Å². The Balaban J connectivity index is 1.82. The highest BCUT2D eigenvalue weighted by Gasteiger charge is 2.33. The molecule has 4 rings (SSSR count). The molecule has 1 fully saturated rings.